The number of hydrogen-bond donors (Lipinski definition) is 2. The first-order valence-electron chi connectivity index (χ1n) is 9.42. The number of rotatable bonds is 9. The van der Waals surface area contributed by atoms with E-state index < -0.39 is 16.4 Å². The molecule has 2 rings (SSSR count). The maximum absolute atomic E-state index is 3.81. The summed E-state index contributed by atoms with van der Waals surface area (Å²) in [5.41, 5.74) is 0. The first-order valence-corrected chi connectivity index (χ1v) is 12.0. The van der Waals surface area contributed by atoms with Crippen molar-refractivity contribution in [2.45, 2.75) is 59.7 Å². The van der Waals surface area contributed by atoms with E-state index in [1.807, 2.05) is 0 Å². The quantitative estimate of drug-likeness (QED) is 0.593. The largest absolute Gasteiger partial charge is 0.268 e. The van der Waals surface area contributed by atoms with E-state index in [9.17, 15) is 0 Å². The highest BCUT2D eigenvalue weighted by molar-refractivity contribution is 7.78. The molecule has 0 heterocycles. The summed E-state index contributed by atoms with van der Waals surface area (Å²) in [5.74, 6) is 0. The van der Waals surface area contributed by atoms with Crippen molar-refractivity contribution >= 4 is 27.1 Å². The summed E-state index contributed by atoms with van der Waals surface area (Å²) in [6.45, 7) is 13.5. The molecule has 0 aliphatic carbocycles. The Bertz CT molecular complexity index is 583. The fourth-order valence-electron chi connectivity index (χ4n) is 2.72. The maximum atomic E-state index is 3.81. The van der Waals surface area contributed by atoms with Crippen LogP contribution in [-0.4, -0.2) is 22.6 Å². The molecular weight excluding hydrogens is 356 g/mol. The molecule has 0 spiro atoms. The molecular formula is C21H33N3P2. The summed E-state index contributed by atoms with van der Waals surface area (Å²) in [7, 11) is -1.28. The minimum absolute atomic E-state index is 0.421. The summed E-state index contributed by atoms with van der Waals surface area (Å²) in [6, 6.07) is 23.2. The molecule has 2 N–H and O–H groups in total. The first kappa shape index (κ1) is 21.5. The highest BCUT2D eigenvalue weighted by atomic mass is 31.2. The van der Waals surface area contributed by atoms with Gasteiger partial charge in [0, 0.05) is 26.2 Å². The van der Waals surface area contributed by atoms with E-state index in [-0.39, 0.29) is 0 Å². The zero-order valence-corrected chi connectivity index (χ0v) is 18.6. The minimum Gasteiger partial charge on any atom is -0.268 e. The Balaban J connectivity index is 2.52. The Hall–Kier alpha value is -0.820. The Morgan fingerprint density at radius 3 is 1.35 bits per heavy atom. The van der Waals surface area contributed by atoms with E-state index in [0.717, 1.165) is 0 Å². The van der Waals surface area contributed by atoms with Crippen LogP contribution >= 0.6 is 16.4 Å². The third-order valence-corrected chi connectivity index (χ3v) is 9.55. The summed E-state index contributed by atoms with van der Waals surface area (Å²) in [6.07, 6.45) is 0. The lowest BCUT2D eigenvalue weighted by Crippen LogP contribution is -2.41. The lowest BCUT2D eigenvalue weighted by Gasteiger charge is -2.42. The van der Waals surface area contributed by atoms with Crippen molar-refractivity contribution in [3.8, 4) is 0 Å². The molecule has 0 radical (unpaired) electrons. The van der Waals surface area contributed by atoms with E-state index in [0.29, 0.717) is 18.1 Å². The van der Waals surface area contributed by atoms with Crippen LogP contribution in [0.5, 0.6) is 0 Å². The molecule has 0 saturated heterocycles. The lowest BCUT2D eigenvalue weighted by atomic mass is 10.4. The first-order chi connectivity index (χ1) is 12.4. The Morgan fingerprint density at radius 2 is 1.04 bits per heavy atom. The highest BCUT2D eigenvalue weighted by Crippen LogP contribution is 2.53. The van der Waals surface area contributed by atoms with Crippen molar-refractivity contribution in [1.82, 2.24) is 14.6 Å². The van der Waals surface area contributed by atoms with Crippen LogP contribution in [-0.2, 0) is 0 Å². The smallest absolute Gasteiger partial charge is 0.119 e. The molecule has 0 saturated carbocycles. The Labute approximate surface area is 162 Å². The van der Waals surface area contributed by atoms with Crippen molar-refractivity contribution in [2.24, 2.45) is 0 Å². The summed E-state index contributed by atoms with van der Waals surface area (Å²) >= 11 is 0. The molecule has 26 heavy (non-hydrogen) atoms. The standard InChI is InChI=1S/C21H33N3P2/c1-17(2)22-26(23-18(3)4)24(19(5)6)25(20-13-9-7-10-14-20)21-15-11-8-12-16-21/h7-19,22-23H,1-6H3. The molecule has 0 atom stereocenters. The van der Waals surface area contributed by atoms with Gasteiger partial charge in [-0.05, 0) is 52.2 Å². The van der Waals surface area contributed by atoms with Crippen molar-refractivity contribution in [3.05, 3.63) is 60.7 Å². The van der Waals surface area contributed by atoms with Gasteiger partial charge < -0.3 is 0 Å². The van der Waals surface area contributed by atoms with Crippen LogP contribution in [0.3, 0.4) is 0 Å². The molecule has 0 aromatic heterocycles. The van der Waals surface area contributed by atoms with E-state index in [1.54, 1.807) is 0 Å². The topological polar surface area (TPSA) is 27.3 Å². The molecule has 0 bridgehead atoms. The predicted octanol–water partition coefficient (Wildman–Crippen LogP) is 4.97. The van der Waals surface area contributed by atoms with Gasteiger partial charge in [-0.3, -0.25) is 10.2 Å². The van der Waals surface area contributed by atoms with Crippen molar-refractivity contribution in [3.63, 3.8) is 0 Å². The molecule has 2 aromatic carbocycles. The van der Waals surface area contributed by atoms with Crippen LogP contribution in [0.4, 0.5) is 0 Å². The van der Waals surface area contributed by atoms with Crippen LogP contribution in [0, 0.1) is 0 Å². The van der Waals surface area contributed by atoms with Crippen LogP contribution in [0.2, 0.25) is 0 Å². The minimum atomic E-state index is -0.667. The highest BCUT2D eigenvalue weighted by Gasteiger charge is 2.32. The average molecular weight is 389 g/mol. The normalized spacial score (nSPS) is 12.3. The molecule has 0 fully saturated rings. The average Bonchev–Trinajstić information content (AvgIpc) is 2.59. The number of benzene rings is 2. The predicted molar refractivity (Wildman–Crippen MR) is 120 cm³/mol. The third-order valence-electron chi connectivity index (χ3n) is 3.63. The van der Waals surface area contributed by atoms with E-state index in [1.165, 1.54) is 10.6 Å². The molecule has 0 aliphatic rings. The van der Waals surface area contributed by atoms with Crippen LogP contribution in [0.25, 0.3) is 0 Å². The van der Waals surface area contributed by atoms with Crippen molar-refractivity contribution in [2.75, 3.05) is 0 Å². The van der Waals surface area contributed by atoms with Gasteiger partial charge in [-0.2, -0.15) is 0 Å². The van der Waals surface area contributed by atoms with Crippen molar-refractivity contribution in [1.29, 1.82) is 0 Å². The van der Waals surface area contributed by atoms with Crippen LogP contribution < -0.4 is 20.8 Å². The third kappa shape index (κ3) is 6.12. The zero-order valence-electron chi connectivity index (χ0n) is 16.8. The molecule has 5 heteroatoms. The van der Waals surface area contributed by atoms with Gasteiger partial charge in [0.25, 0.3) is 0 Å². The van der Waals surface area contributed by atoms with Crippen LogP contribution in [0.1, 0.15) is 41.5 Å². The Morgan fingerprint density at radius 1 is 0.654 bits per heavy atom. The van der Waals surface area contributed by atoms with Gasteiger partial charge in [0.2, 0.25) is 0 Å². The van der Waals surface area contributed by atoms with Gasteiger partial charge in [0.1, 0.15) is 8.37 Å². The number of hydrogen-bond acceptors (Lipinski definition) is 3. The monoisotopic (exact) mass is 389 g/mol. The number of nitrogens with zero attached hydrogens (tertiary/aromatic N) is 1. The van der Waals surface area contributed by atoms with Gasteiger partial charge in [-0.1, -0.05) is 60.7 Å². The van der Waals surface area contributed by atoms with Crippen LogP contribution in [0.15, 0.2) is 60.7 Å². The van der Waals surface area contributed by atoms with Gasteiger partial charge in [-0.15, -0.1) is 0 Å². The second-order valence-corrected chi connectivity index (χ2v) is 11.3. The van der Waals surface area contributed by atoms with Gasteiger partial charge >= 0.3 is 0 Å². The molecule has 0 unspecified atom stereocenters. The second kappa shape index (κ2) is 10.5. The van der Waals surface area contributed by atoms with Crippen molar-refractivity contribution < 1.29 is 0 Å². The summed E-state index contributed by atoms with van der Waals surface area (Å²) in [5, 5.41) is 10.4. The fourth-order valence-corrected chi connectivity index (χ4v) is 8.26. The van der Waals surface area contributed by atoms with Gasteiger partial charge in [0.15, 0.2) is 0 Å². The van der Waals surface area contributed by atoms with E-state index >= 15 is 0 Å². The Kier molecular flexibility index (Phi) is 8.67. The number of nitrogens with one attached hydrogen (secondary N) is 2. The van der Waals surface area contributed by atoms with E-state index in [4.69, 9.17) is 0 Å². The molecule has 142 valence electrons. The SMILES string of the molecule is CC(C)NP(NC(C)C)N(C(C)C)P(c1ccccc1)c1ccccc1. The lowest BCUT2D eigenvalue weighted by molar-refractivity contribution is 0.545. The molecule has 3 nitrogen and oxygen atoms in total. The maximum Gasteiger partial charge on any atom is 0.119 e. The van der Waals surface area contributed by atoms with E-state index in [2.05, 4.69) is 117 Å². The molecule has 0 aliphatic heterocycles. The summed E-state index contributed by atoms with van der Waals surface area (Å²) in [4.78, 5) is 0. The summed E-state index contributed by atoms with van der Waals surface area (Å²) < 4.78 is 2.68. The second-order valence-electron chi connectivity index (χ2n) is 7.28. The fraction of sp³-hybridized carbons (Fsp3) is 0.429. The molecule has 2 aromatic rings. The van der Waals surface area contributed by atoms with Gasteiger partial charge in [0.05, 0.1) is 0 Å². The van der Waals surface area contributed by atoms with Gasteiger partial charge in [-0.25, -0.2) is 4.44 Å². The zero-order chi connectivity index (χ0) is 19.1. The molecule has 0 amide bonds.